The highest BCUT2D eigenvalue weighted by atomic mass is 16.5. The molecule has 5 nitrogen and oxygen atoms in total. The van der Waals surface area contributed by atoms with Gasteiger partial charge in [0, 0.05) is 12.1 Å². The Morgan fingerprint density at radius 1 is 0.865 bits per heavy atom. The van der Waals surface area contributed by atoms with Crippen molar-refractivity contribution in [2.24, 2.45) is 0 Å². The van der Waals surface area contributed by atoms with E-state index in [1.54, 1.807) is 23.1 Å². The monoisotopic (exact) mass is 488 g/mol. The molecule has 0 aliphatic carbocycles. The van der Waals surface area contributed by atoms with Crippen LogP contribution < -0.4 is 15.0 Å². The van der Waals surface area contributed by atoms with E-state index in [-0.39, 0.29) is 17.6 Å². The summed E-state index contributed by atoms with van der Waals surface area (Å²) in [4.78, 5) is 27.8. The molecule has 1 aliphatic heterocycles. The number of para-hydroxylation sites is 2. The van der Waals surface area contributed by atoms with E-state index < -0.39 is 0 Å². The molecule has 0 aromatic heterocycles. The Labute approximate surface area is 217 Å². The van der Waals surface area contributed by atoms with Crippen molar-refractivity contribution < 1.29 is 14.3 Å². The molecular weight excluding hydrogens is 460 g/mol. The number of rotatable bonds is 7. The first kappa shape index (κ1) is 24.1. The summed E-state index contributed by atoms with van der Waals surface area (Å²) in [6, 6.07) is 32.9. The zero-order valence-electron chi connectivity index (χ0n) is 20.7. The Morgan fingerprint density at radius 3 is 2.38 bits per heavy atom. The van der Waals surface area contributed by atoms with Gasteiger partial charge in [-0.15, -0.1) is 0 Å². The van der Waals surface area contributed by atoms with E-state index in [4.69, 9.17) is 4.74 Å². The van der Waals surface area contributed by atoms with Crippen LogP contribution in [0.15, 0.2) is 109 Å². The summed E-state index contributed by atoms with van der Waals surface area (Å²) < 4.78 is 6.00. The van der Waals surface area contributed by atoms with Gasteiger partial charge in [0.15, 0.2) is 11.5 Å². The Kier molecular flexibility index (Phi) is 7.13. The Balaban J connectivity index is 1.30. The van der Waals surface area contributed by atoms with Gasteiger partial charge in [0.25, 0.3) is 11.8 Å². The summed E-state index contributed by atoms with van der Waals surface area (Å²) in [5, 5.41) is 2.96. The standard InChI is InChI=1S/C32H28N2O3/c1-23-8-7-11-26(20-23)22-34-28-12-5-6-13-29(28)37-30(32(34)36)21-25-14-16-27(17-15-25)31(35)33-19-18-24-9-3-2-4-10-24/h2-17,20-21H,18-19,22H2,1H3,(H,33,35)/b30-21+. The fraction of sp³-hybridized carbons (Fsp3) is 0.125. The first-order valence-electron chi connectivity index (χ1n) is 12.3. The highest BCUT2D eigenvalue weighted by molar-refractivity contribution is 6.09. The molecule has 0 atom stereocenters. The number of fused-ring (bicyclic) bond motifs is 1. The van der Waals surface area contributed by atoms with Gasteiger partial charge in [0.2, 0.25) is 0 Å². The summed E-state index contributed by atoms with van der Waals surface area (Å²) in [6.45, 7) is 3.05. The van der Waals surface area contributed by atoms with Gasteiger partial charge in [-0.05, 0) is 60.4 Å². The number of benzene rings is 4. The predicted octanol–water partition coefficient (Wildman–Crippen LogP) is 5.93. The maximum atomic E-state index is 13.5. The van der Waals surface area contributed by atoms with E-state index in [9.17, 15) is 9.59 Å². The molecule has 5 rings (SSSR count). The fourth-order valence-corrected chi connectivity index (χ4v) is 4.36. The van der Waals surface area contributed by atoms with Crippen LogP contribution in [0.5, 0.6) is 5.75 Å². The highest BCUT2D eigenvalue weighted by Gasteiger charge is 2.30. The average molecular weight is 489 g/mol. The van der Waals surface area contributed by atoms with Crippen LogP contribution in [0.1, 0.15) is 32.6 Å². The molecular formula is C32H28N2O3. The molecule has 0 saturated heterocycles. The van der Waals surface area contributed by atoms with Crippen molar-refractivity contribution in [3.05, 3.63) is 137 Å². The Bertz CT molecular complexity index is 1440. The summed E-state index contributed by atoms with van der Waals surface area (Å²) in [6.07, 6.45) is 2.50. The van der Waals surface area contributed by atoms with Crippen LogP contribution in [0.3, 0.4) is 0 Å². The third kappa shape index (κ3) is 5.78. The number of aryl methyl sites for hydroxylation is 1. The number of amides is 2. The summed E-state index contributed by atoms with van der Waals surface area (Å²) >= 11 is 0. The van der Waals surface area contributed by atoms with Gasteiger partial charge in [0.1, 0.15) is 0 Å². The smallest absolute Gasteiger partial charge is 0.294 e. The van der Waals surface area contributed by atoms with E-state index in [0.29, 0.717) is 24.4 Å². The van der Waals surface area contributed by atoms with E-state index in [1.165, 1.54) is 5.56 Å². The van der Waals surface area contributed by atoms with Crippen molar-refractivity contribution in [3.8, 4) is 5.75 Å². The molecule has 0 unspecified atom stereocenters. The fourth-order valence-electron chi connectivity index (χ4n) is 4.36. The molecule has 0 fully saturated rings. The van der Waals surface area contributed by atoms with Crippen LogP contribution in [0.2, 0.25) is 0 Å². The number of hydrogen-bond donors (Lipinski definition) is 1. The third-order valence-corrected chi connectivity index (χ3v) is 6.27. The first-order valence-corrected chi connectivity index (χ1v) is 12.3. The minimum atomic E-state index is -0.206. The van der Waals surface area contributed by atoms with Crippen LogP contribution in [0, 0.1) is 6.92 Å². The molecule has 1 N–H and O–H groups in total. The SMILES string of the molecule is Cc1cccc(CN2C(=O)/C(=C\c3ccc(C(=O)NCCc4ccccc4)cc3)Oc3ccccc32)c1. The molecule has 5 heteroatoms. The molecule has 1 aliphatic rings. The molecule has 2 amide bonds. The molecule has 4 aromatic rings. The number of ether oxygens (including phenoxy) is 1. The zero-order chi connectivity index (χ0) is 25.6. The number of nitrogens with one attached hydrogen (secondary N) is 1. The molecule has 184 valence electrons. The largest absolute Gasteiger partial charge is 0.449 e. The predicted molar refractivity (Wildman–Crippen MR) is 146 cm³/mol. The second kappa shape index (κ2) is 11.0. The van der Waals surface area contributed by atoms with E-state index >= 15 is 0 Å². The molecule has 0 saturated carbocycles. The lowest BCUT2D eigenvalue weighted by atomic mass is 10.1. The van der Waals surface area contributed by atoms with Crippen molar-refractivity contribution in [1.29, 1.82) is 0 Å². The number of nitrogens with zero attached hydrogens (tertiary/aromatic N) is 1. The second-order valence-corrected chi connectivity index (χ2v) is 9.07. The number of anilines is 1. The molecule has 37 heavy (non-hydrogen) atoms. The molecule has 4 aromatic carbocycles. The van der Waals surface area contributed by atoms with Gasteiger partial charge in [-0.2, -0.15) is 0 Å². The zero-order valence-corrected chi connectivity index (χ0v) is 20.7. The maximum absolute atomic E-state index is 13.5. The van der Waals surface area contributed by atoms with E-state index in [1.807, 2.05) is 91.9 Å². The van der Waals surface area contributed by atoms with Crippen molar-refractivity contribution in [1.82, 2.24) is 5.32 Å². The molecule has 1 heterocycles. The first-order chi connectivity index (χ1) is 18.1. The van der Waals surface area contributed by atoms with Crippen molar-refractivity contribution in [2.45, 2.75) is 19.9 Å². The van der Waals surface area contributed by atoms with Gasteiger partial charge in [-0.25, -0.2) is 0 Å². The number of hydrogen-bond acceptors (Lipinski definition) is 3. The van der Waals surface area contributed by atoms with Gasteiger partial charge in [0.05, 0.1) is 12.2 Å². The Hall–Kier alpha value is -4.64. The lowest BCUT2D eigenvalue weighted by Crippen LogP contribution is -2.36. The molecule has 0 radical (unpaired) electrons. The molecule has 0 spiro atoms. The summed E-state index contributed by atoms with van der Waals surface area (Å²) in [5.41, 5.74) is 5.46. The topological polar surface area (TPSA) is 58.6 Å². The third-order valence-electron chi connectivity index (χ3n) is 6.27. The minimum absolute atomic E-state index is 0.126. The van der Waals surface area contributed by atoms with Gasteiger partial charge in [-0.3, -0.25) is 14.5 Å². The van der Waals surface area contributed by atoms with Crippen LogP contribution in [0.25, 0.3) is 6.08 Å². The van der Waals surface area contributed by atoms with E-state index in [0.717, 1.165) is 28.8 Å². The summed E-state index contributed by atoms with van der Waals surface area (Å²) in [5.74, 6) is 0.545. The van der Waals surface area contributed by atoms with Crippen LogP contribution in [0.4, 0.5) is 5.69 Å². The summed E-state index contributed by atoms with van der Waals surface area (Å²) in [7, 11) is 0. The molecule has 0 bridgehead atoms. The van der Waals surface area contributed by atoms with Crippen LogP contribution in [-0.4, -0.2) is 18.4 Å². The number of carbonyl (C=O) groups excluding carboxylic acids is 2. The average Bonchev–Trinajstić information content (AvgIpc) is 2.92. The lowest BCUT2D eigenvalue weighted by Gasteiger charge is -2.30. The quantitative estimate of drug-likeness (QED) is 0.328. The Morgan fingerprint density at radius 2 is 1.59 bits per heavy atom. The normalized spacial score (nSPS) is 13.7. The van der Waals surface area contributed by atoms with Crippen molar-refractivity contribution >= 4 is 23.6 Å². The second-order valence-electron chi connectivity index (χ2n) is 9.07. The minimum Gasteiger partial charge on any atom is -0.449 e. The maximum Gasteiger partial charge on any atom is 0.294 e. The lowest BCUT2D eigenvalue weighted by molar-refractivity contribution is -0.117. The highest BCUT2D eigenvalue weighted by Crippen LogP contribution is 2.36. The number of carbonyl (C=O) groups is 2. The van der Waals surface area contributed by atoms with Gasteiger partial charge < -0.3 is 10.1 Å². The van der Waals surface area contributed by atoms with E-state index in [2.05, 4.69) is 11.4 Å². The van der Waals surface area contributed by atoms with Crippen LogP contribution in [-0.2, 0) is 17.8 Å². The van der Waals surface area contributed by atoms with Crippen molar-refractivity contribution in [3.63, 3.8) is 0 Å². The van der Waals surface area contributed by atoms with Crippen molar-refractivity contribution in [2.75, 3.05) is 11.4 Å². The van der Waals surface area contributed by atoms with Gasteiger partial charge in [-0.1, -0.05) is 84.4 Å². The van der Waals surface area contributed by atoms with Crippen LogP contribution >= 0.6 is 0 Å². The van der Waals surface area contributed by atoms with Gasteiger partial charge >= 0.3 is 0 Å².